The minimum atomic E-state index is -0.201. The number of carbonyl (C=O) groups excluding carboxylic acids is 1. The number of amides is 1. The van der Waals surface area contributed by atoms with Crippen molar-refractivity contribution in [3.05, 3.63) is 88.4 Å². The van der Waals surface area contributed by atoms with Gasteiger partial charge in [-0.3, -0.25) is 9.89 Å². The molecule has 0 aliphatic heterocycles. The van der Waals surface area contributed by atoms with Gasteiger partial charge in [0.05, 0.1) is 5.69 Å². The van der Waals surface area contributed by atoms with Crippen molar-refractivity contribution in [2.75, 3.05) is 10.6 Å². The van der Waals surface area contributed by atoms with Crippen LogP contribution in [0.1, 0.15) is 38.3 Å². The lowest BCUT2D eigenvalue weighted by Gasteiger charge is -2.14. The summed E-state index contributed by atoms with van der Waals surface area (Å²) < 4.78 is 0. The maximum Gasteiger partial charge on any atom is 0.255 e. The number of H-pyrrole nitrogens is 1. The Morgan fingerprint density at radius 3 is 2.32 bits per heavy atom. The van der Waals surface area contributed by atoms with Crippen LogP contribution >= 0.6 is 0 Å². The van der Waals surface area contributed by atoms with Crippen molar-refractivity contribution < 1.29 is 4.79 Å². The summed E-state index contributed by atoms with van der Waals surface area (Å²) in [6, 6.07) is 11.6. The molecule has 1 amide bonds. The van der Waals surface area contributed by atoms with Gasteiger partial charge in [0, 0.05) is 17.4 Å². The van der Waals surface area contributed by atoms with Crippen LogP contribution in [-0.2, 0) is 0 Å². The minimum absolute atomic E-state index is 0.201. The van der Waals surface area contributed by atoms with Crippen molar-refractivity contribution in [1.29, 1.82) is 0 Å². The Bertz CT molecular complexity index is 1070. The van der Waals surface area contributed by atoms with Crippen LogP contribution in [0.15, 0.2) is 54.9 Å². The SMILES string of the molecule is C=C=C(Nc1cc(C)c(C)cc1C)c1n[nH]cc1NC(=O)c1ccc(C)cc1. The Kier molecular flexibility index (Phi) is 5.48. The topological polar surface area (TPSA) is 69.8 Å². The number of nitrogens with zero attached hydrogens (tertiary/aromatic N) is 1. The fourth-order valence-corrected chi connectivity index (χ4v) is 2.89. The smallest absolute Gasteiger partial charge is 0.255 e. The van der Waals surface area contributed by atoms with E-state index in [2.05, 4.69) is 59.1 Å². The number of aromatic nitrogens is 2. The molecule has 5 nitrogen and oxygen atoms in total. The highest BCUT2D eigenvalue weighted by atomic mass is 16.1. The average molecular weight is 372 g/mol. The largest absolute Gasteiger partial charge is 0.347 e. The second kappa shape index (κ2) is 7.99. The predicted octanol–water partition coefficient (Wildman–Crippen LogP) is 5.13. The molecule has 142 valence electrons. The molecule has 2 aromatic carbocycles. The highest BCUT2D eigenvalue weighted by molar-refractivity contribution is 6.05. The van der Waals surface area contributed by atoms with Crippen molar-refractivity contribution in [3.8, 4) is 0 Å². The Hall–Kier alpha value is -3.56. The van der Waals surface area contributed by atoms with Gasteiger partial charge in [-0.25, -0.2) is 0 Å². The van der Waals surface area contributed by atoms with Crippen LogP contribution in [0, 0.1) is 27.7 Å². The quantitative estimate of drug-likeness (QED) is 0.544. The van der Waals surface area contributed by atoms with E-state index in [1.165, 1.54) is 11.1 Å². The number of aromatic amines is 1. The van der Waals surface area contributed by atoms with Crippen molar-refractivity contribution >= 4 is 23.0 Å². The van der Waals surface area contributed by atoms with Gasteiger partial charge in [-0.05, 0) is 62.6 Å². The molecule has 3 aromatic rings. The van der Waals surface area contributed by atoms with Crippen molar-refractivity contribution in [3.63, 3.8) is 0 Å². The third-order valence-corrected chi connectivity index (χ3v) is 4.72. The van der Waals surface area contributed by atoms with Crippen LogP contribution in [0.4, 0.5) is 11.4 Å². The zero-order valence-corrected chi connectivity index (χ0v) is 16.6. The van der Waals surface area contributed by atoms with E-state index < -0.39 is 0 Å². The van der Waals surface area contributed by atoms with E-state index in [4.69, 9.17) is 0 Å². The first-order valence-electron chi connectivity index (χ1n) is 9.06. The Morgan fingerprint density at radius 1 is 0.964 bits per heavy atom. The van der Waals surface area contributed by atoms with E-state index in [1.54, 1.807) is 18.3 Å². The first-order chi connectivity index (χ1) is 13.4. The van der Waals surface area contributed by atoms with Gasteiger partial charge in [-0.15, -0.1) is 5.73 Å². The third-order valence-electron chi connectivity index (χ3n) is 4.72. The van der Waals surface area contributed by atoms with Gasteiger partial charge in [0.2, 0.25) is 0 Å². The van der Waals surface area contributed by atoms with E-state index in [9.17, 15) is 4.79 Å². The lowest BCUT2D eigenvalue weighted by atomic mass is 10.0. The summed E-state index contributed by atoms with van der Waals surface area (Å²) in [4.78, 5) is 12.6. The van der Waals surface area contributed by atoms with Crippen LogP contribution in [0.5, 0.6) is 0 Å². The zero-order chi connectivity index (χ0) is 20.3. The van der Waals surface area contributed by atoms with Crippen molar-refractivity contribution in [1.82, 2.24) is 10.2 Å². The van der Waals surface area contributed by atoms with Crippen molar-refractivity contribution in [2.45, 2.75) is 27.7 Å². The Balaban J connectivity index is 1.85. The molecular weight excluding hydrogens is 348 g/mol. The molecule has 0 unspecified atom stereocenters. The number of hydrogen-bond donors (Lipinski definition) is 3. The van der Waals surface area contributed by atoms with E-state index in [0.717, 1.165) is 16.8 Å². The second-order valence-electron chi connectivity index (χ2n) is 6.90. The van der Waals surface area contributed by atoms with Gasteiger partial charge in [-0.2, -0.15) is 5.10 Å². The van der Waals surface area contributed by atoms with Gasteiger partial charge in [0.15, 0.2) is 0 Å². The number of carbonyl (C=O) groups is 1. The maximum atomic E-state index is 12.6. The van der Waals surface area contributed by atoms with Crippen LogP contribution in [0.3, 0.4) is 0 Å². The standard InChI is InChI=1S/C23H24N4O/c1-6-19(25-20-12-16(4)15(3)11-17(20)5)22-21(13-24-27-22)26-23(28)18-9-7-14(2)8-10-18/h7-13,25H,1H2,2-5H3,(H,24,27)(H,26,28). The molecule has 0 aliphatic carbocycles. The molecular formula is C23H24N4O. The minimum Gasteiger partial charge on any atom is -0.347 e. The molecule has 0 spiro atoms. The lowest BCUT2D eigenvalue weighted by Crippen LogP contribution is -2.13. The number of hydrogen-bond acceptors (Lipinski definition) is 3. The summed E-state index contributed by atoms with van der Waals surface area (Å²) in [6.07, 6.45) is 1.65. The van der Waals surface area contributed by atoms with E-state index in [1.807, 2.05) is 26.0 Å². The molecule has 1 heterocycles. The van der Waals surface area contributed by atoms with Crippen LogP contribution in [0.25, 0.3) is 5.70 Å². The van der Waals surface area contributed by atoms with Gasteiger partial charge in [0.25, 0.3) is 5.91 Å². The van der Waals surface area contributed by atoms with Crippen LogP contribution in [0.2, 0.25) is 0 Å². The van der Waals surface area contributed by atoms with Crippen LogP contribution < -0.4 is 10.6 Å². The monoisotopic (exact) mass is 372 g/mol. The van der Waals surface area contributed by atoms with Gasteiger partial charge in [0.1, 0.15) is 11.4 Å². The van der Waals surface area contributed by atoms with E-state index in [0.29, 0.717) is 22.6 Å². The molecule has 0 atom stereocenters. The fraction of sp³-hybridized carbons (Fsp3) is 0.174. The first kappa shape index (κ1) is 19.2. The van der Waals surface area contributed by atoms with E-state index in [-0.39, 0.29) is 5.91 Å². The molecule has 3 rings (SSSR count). The highest BCUT2D eigenvalue weighted by Gasteiger charge is 2.15. The number of anilines is 2. The summed E-state index contributed by atoms with van der Waals surface area (Å²) in [5.41, 5.74) is 10.8. The lowest BCUT2D eigenvalue weighted by molar-refractivity contribution is 0.102. The molecule has 0 aliphatic rings. The Labute approximate surface area is 165 Å². The summed E-state index contributed by atoms with van der Waals surface area (Å²) in [5, 5.41) is 13.3. The van der Waals surface area contributed by atoms with E-state index >= 15 is 0 Å². The molecule has 0 fully saturated rings. The fourth-order valence-electron chi connectivity index (χ4n) is 2.89. The number of aryl methyl sites for hydroxylation is 4. The molecule has 3 N–H and O–H groups in total. The third kappa shape index (κ3) is 4.05. The molecule has 0 bridgehead atoms. The summed E-state index contributed by atoms with van der Waals surface area (Å²) in [5.74, 6) is -0.201. The van der Waals surface area contributed by atoms with Gasteiger partial charge in [-0.1, -0.05) is 30.3 Å². The second-order valence-corrected chi connectivity index (χ2v) is 6.90. The van der Waals surface area contributed by atoms with Crippen LogP contribution in [-0.4, -0.2) is 16.1 Å². The maximum absolute atomic E-state index is 12.6. The average Bonchev–Trinajstić information content (AvgIpc) is 3.12. The number of nitrogens with one attached hydrogen (secondary N) is 3. The number of benzene rings is 2. The predicted molar refractivity (Wildman–Crippen MR) is 115 cm³/mol. The Morgan fingerprint density at radius 2 is 1.64 bits per heavy atom. The van der Waals surface area contributed by atoms with Gasteiger partial charge < -0.3 is 10.6 Å². The molecule has 1 aromatic heterocycles. The normalized spacial score (nSPS) is 10.3. The van der Waals surface area contributed by atoms with Gasteiger partial charge >= 0.3 is 0 Å². The summed E-state index contributed by atoms with van der Waals surface area (Å²) in [6.45, 7) is 12.0. The molecule has 28 heavy (non-hydrogen) atoms. The molecule has 0 saturated carbocycles. The van der Waals surface area contributed by atoms with Crippen molar-refractivity contribution in [2.24, 2.45) is 0 Å². The summed E-state index contributed by atoms with van der Waals surface area (Å²) >= 11 is 0. The first-order valence-corrected chi connectivity index (χ1v) is 9.06. The highest BCUT2D eigenvalue weighted by Crippen LogP contribution is 2.27. The molecule has 0 saturated heterocycles. The zero-order valence-electron chi connectivity index (χ0n) is 16.6. The summed E-state index contributed by atoms with van der Waals surface area (Å²) in [7, 11) is 0. The molecule has 0 radical (unpaired) electrons. The number of rotatable bonds is 5. The molecule has 5 heteroatoms.